The highest BCUT2D eigenvalue weighted by Crippen LogP contribution is 2.44. The molecule has 0 bridgehead atoms. The second-order valence-electron chi connectivity index (χ2n) is 18.3. The Morgan fingerprint density at radius 3 is 2.52 bits per heavy atom. The SMILES string of the molecule is C=COCC(C)(C)Cc1c(-c2cc(N3CCN(C)CC3)cnc2C(C)CC)n(CC(F)(F)F)c2ccc(-c3csc(CC(C(=O)C(=C)CCCNN)N(C)C(=O)C4CCC4)n3)cc12. The minimum absolute atomic E-state index is 0.0216. The molecule has 1 saturated heterocycles. The van der Waals surface area contributed by atoms with Crippen molar-refractivity contribution in [2.45, 2.75) is 104 Å². The highest BCUT2D eigenvalue weighted by Gasteiger charge is 2.37. The second-order valence-corrected chi connectivity index (χ2v) is 19.2. The Bertz CT molecular complexity index is 2260. The molecule has 1 aliphatic carbocycles. The van der Waals surface area contributed by atoms with E-state index in [-0.39, 0.29) is 29.9 Å². The van der Waals surface area contributed by atoms with Crippen molar-refractivity contribution >= 4 is 39.6 Å². The molecule has 4 aromatic rings. The number of hydrogen-bond donors (Lipinski definition) is 2. The summed E-state index contributed by atoms with van der Waals surface area (Å²) < 4.78 is 51.8. The highest BCUT2D eigenvalue weighted by atomic mass is 32.1. The van der Waals surface area contributed by atoms with Gasteiger partial charge >= 0.3 is 6.18 Å². The van der Waals surface area contributed by atoms with Gasteiger partial charge in [0.25, 0.3) is 0 Å². The topological polar surface area (TPSA) is 122 Å². The number of piperazine rings is 1. The van der Waals surface area contributed by atoms with E-state index in [9.17, 15) is 22.8 Å². The first-order valence-electron chi connectivity index (χ1n) is 22.2. The van der Waals surface area contributed by atoms with Gasteiger partial charge in [0.2, 0.25) is 5.91 Å². The van der Waals surface area contributed by atoms with E-state index in [0.717, 1.165) is 74.4 Å². The van der Waals surface area contributed by atoms with E-state index in [1.165, 1.54) is 22.2 Å². The van der Waals surface area contributed by atoms with Gasteiger partial charge in [0, 0.05) is 84.9 Å². The molecule has 63 heavy (non-hydrogen) atoms. The summed E-state index contributed by atoms with van der Waals surface area (Å²) in [5.41, 5.74) is 7.99. The molecule has 4 heterocycles. The van der Waals surface area contributed by atoms with E-state index in [2.05, 4.69) is 55.3 Å². The number of halogens is 3. The Kier molecular flexibility index (Phi) is 15.6. The third-order valence-electron chi connectivity index (χ3n) is 12.8. The number of carbonyl (C=O) groups excluding carboxylic acids is 2. The van der Waals surface area contributed by atoms with Crippen LogP contribution in [0.5, 0.6) is 0 Å². The lowest BCUT2D eigenvalue weighted by Crippen LogP contribution is -2.48. The Balaban J connectivity index is 1.48. The number of ketones is 1. The number of carbonyl (C=O) groups is 2. The van der Waals surface area contributed by atoms with E-state index >= 15 is 0 Å². The number of alkyl halides is 3. The van der Waals surface area contributed by atoms with Gasteiger partial charge in [-0.15, -0.1) is 11.3 Å². The predicted octanol–water partition coefficient (Wildman–Crippen LogP) is 8.92. The summed E-state index contributed by atoms with van der Waals surface area (Å²) in [5.74, 6) is 5.10. The van der Waals surface area contributed by atoms with Crippen LogP contribution in [0.1, 0.15) is 88.4 Å². The van der Waals surface area contributed by atoms with Crippen molar-refractivity contribution in [3.8, 4) is 22.5 Å². The number of pyridine rings is 1. The van der Waals surface area contributed by atoms with E-state index in [0.29, 0.717) is 70.8 Å². The first-order chi connectivity index (χ1) is 29.9. The van der Waals surface area contributed by atoms with Crippen LogP contribution in [0, 0.1) is 11.3 Å². The van der Waals surface area contributed by atoms with Gasteiger partial charge in [-0.25, -0.2) is 4.98 Å². The van der Waals surface area contributed by atoms with Gasteiger partial charge < -0.3 is 24.0 Å². The second kappa shape index (κ2) is 20.5. The Labute approximate surface area is 374 Å². The van der Waals surface area contributed by atoms with Crippen LogP contribution in [0.4, 0.5) is 18.9 Å². The molecule has 1 amide bonds. The predicted molar refractivity (Wildman–Crippen MR) is 248 cm³/mol. The maximum atomic E-state index is 14.9. The molecule has 1 aliphatic heterocycles. The molecular weight excluding hydrogens is 826 g/mol. The quantitative estimate of drug-likeness (QED) is 0.0278. The van der Waals surface area contributed by atoms with Crippen LogP contribution in [0.15, 0.2) is 60.8 Å². The third-order valence-corrected chi connectivity index (χ3v) is 13.7. The van der Waals surface area contributed by atoms with Gasteiger partial charge in [0.1, 0.15) is 12.6 Å². The first kappa shape index (κ1) is 47.9. The fraction of sp³-hybridized carbons (Fsp3) is 0.542. The zero-order chi connectivity index (χ0) is 45.6. The number of benzene rings is 1. The molecule has 2 fully saturated rings. The maximum Gasteiger partial charge on any atom is 0.406 e. The van der Waals surface area contributed by atoms with Gasteiger partial charge in [-0.1, -0.05) is 53.3 Å². The van der Waals surface area contributed by atoms with E-state index < -0.39 is 24.2 Å². The van der Waals surface area contributed by atoms with Crippen LogP contribution < -0.4 is 16.2 Å². The number of aromatic nitrogens is 3. The summed E-state index contributed by atoms with van der Waals surface area (Å²) in [6.07, 6.45) is 3.79. The molecule has 2 unspecified atom stereocenters. The number of nitrogens with zero attached hydrogens (tertiary/aromatic N) is 6. The van der Waals surface area contributed by atoms with E-state index in [1.54, 1.807) is 18.0 Å². The number of likely N-dealkylation sites (N-methyl/N-ethyl adjacent to an activating group) is 2. The number of fused-ring (bicyclic) bond motifs is 1. The van der Waals surface area contributed by atoms with Crippen molar-refractivity contribution in [3.05, 3.63) is 77.1 Å². The molecule has 342 valence electrons. The summed E-state index contributed by atoms with van der Waals surface area (Å²) in [5, 5.41) is 3.26. The lowest BCUT2D eigenvalue weighted by atomic mass is 9.83. The lowest BCUT2D eigenvalue weighted by Gasteiger charge is -2.34. The number of nitrogens with one attached hydrogen (secondary N) is 1. The minimum atomic E-state index is -4.52. The van der Waals surface area contributed by atoms with Gasteiger partial charge in [-0.3, -0.25) is 25.8 Å². The number of nitrogens with two attached hydrogens (primary N) is 1. The molecule has 3 aromatic heterocycles. The van der Waals surface area contributed by atoms with Crippen molar-refractivity contribution in [1.29, 1.82) is 0 Å². The normalized spacial score (nSPS) is 16.2. The summed E-state index contributed by atoms with van der Waals surface area (Å²) in [4.78, 5) is 43.6. The van der Waals surface area contributed by atoms with Gasteiger partial charge in [-0.2, -0.15) is 13.2 Å². The minimum Gasteiger partial charge on any atom is -0.501 e. The van der Waals surface area contributed by atoms with Crippen LogP contribution >= 0.6 is 11.3 Å². The van der Waals surface area contributed by atoms with Crippen LogP contribution in [-0.4, -0.2) is 102 Å². The number of anilines is 1. The Morgan fingerprint density at radius 1 is 1.16 bits per heavy atom. The van der Waals surface area contributed by atoms with E-state index in [1.807, 2.05) is 37.6 Å². The van der Waals surface area contributed by atoms with Crippen molar-refractivity contribution < 1.29 is 27.5 Å². The number of ether oxygens (including phenoxy) is 1. The summed E-state index contributed by atoms with van der Waals surface area (Å²) >= 11 is 1.39. The number of hydrogen-bond acceptors (Lipinski definition) is 10. The van der Waals surface area contributed by atoms with E-state index in [4.69, 9.17) is 20.5 Å². The van der Waals surface area contributed by atoms with Crippen LogP contribution in [0.25, 0.3) is 33.4 Å². The number of rotatable bonds is 21. The first-order valence-corrected chi connectivity index (χ1v) is 23.1. The molecule has 1 saturated carbocycles. The van der Waals surface area contributed by atoms with Crippen LogP contribution in [0.3, 0.4) is 0 Å². The number of Topliss-reactive ketones (excluding diaryl/α,β-unsaturated/α-hetero) is 1. The zero-order valence-corrected chi connectivity index (χ0v) is 38.6. The molecule has 2 atom stereocenters. The average Bonchev–Trinajstić information content (AvgIpc) is 3.81. The number of thiazole rings is 1. The smallest absolute Gasteiger partial charge is 0.406 e. The maximum absolute atomic E-state index is 14.9. The number of hydrazine groups is 1. The molecule has 15 heteroatoms. The van der Waals surface area contributed by atoms with Crippen LogP contribution in [0.2, 0.25) is 0 Å². The highest BCUT2D eigenvalue weighted by molar-refractivity contribution is 7.10. The molecule has 1 aromatic carbocycles. The van der Waals surface area contributed by atoms with Crippen LogP contribution in [-0.2, 0) is 33.7 Å². The molecule has 0 spiro atoms. The Morgan fingerprint density at radius 2 is 1.89 bits per heavy atom. The van der Waals surface area contributed by atoms with Gasteiger partial charge in [-0.05, 0) is 80.8 Å². The molecule has 3 N–H and O–H groups in total. The third kappa shape index (κ3) is 11.4. The van der Waals surface area contributed by atoms with Crippen molar-refractivity contribution in [1.82, 2.24) is 29.8 Å². The summed E-state index contributed by atoms with van der Waals surface area (Å²) in [6, 6.07) is 6.82. The monoisotopic (exact) mass is 890 g/mol. The summed E-state index contributed by atoms with van der Waals surface area (Å²) in [7, 11) is 3.78. The van der Waals surface area contributed by atoms with Crippen molar-refractivity contribution in [2.24, 2.45) is 17.2 Å². The molecule has 0 radical (unpaired) electrons. The standard InChI is InChI=1S/C48H65F3N8O3S/c1-9-31(3)43-37(24-35(27-53-43)58-21-19-56(7)20-22-58)44-38(26-47(5,6)30-62-10-2)36-23-34(16-17-40(36)59(44)29-48(49,50)51)39-28-63-42(55-39)25-41(45(60)32(4)13-12-18-54-52)57(8)46(61)33-14-11-15-33/h10,16-17,23-24,27-28,31,33,41,54H,2,4,9,11-15,18-22,25-26,29-30,52H2,1,3,5-8H3. The average molecular weight is 891 g/mol. The Hall–Kier alpha value is -4.57. The fourth-order valence-electron chi connectivity index (χ4n) is 8.67. The number of amides is 1. The zero-order valence-electron chi connectivity index (χ0n) is 37.8. The van der Waals surface area contributed by atoms with Crippen molar-refractivity contribution in [3.63, 3.8) is 0 Å². The molecule has 11 nitrogen and oxygen atoms in total. The molecule has 2 aliphatic rings. The fourth-order valence-corrected chi connectivity index (χ4v) is 9.51. The lowest BCUT2D eigenvalue weighted by molar-refractivity contribution is -0.142. The molecule has 6 rings (SSSR count). The van der Waals surface area contributed by atoms with Gasteiger partial charge in [0.15, 0.2) is 5.78 Å². The molecular formula is C48H65F3N8O3S. The summed E-state index contributed by atoms with van der Waals surface area (Å²) in [6.45, 7) is 19.0. The largest absolute Gasteiger partial charge is 0.501 e. The van der Waals surface area contributed by atoms with Crippen molar-refractivity contribution in [2.75, 3.05) is 58.3 Å². The van der Waals surface area contributed by atoms with Gasteiger partial charge in [0.05, 0.1) is 46.8 Å².